The molecule has 1 atom stereocenters. The number of aliphatic hydroxyl groups is 1. The molecule has 0 bridgehead atoms. The first-order chi connectivity index (χ1) is 9.67. The predicted octanol–water partition coefficient (Wildman–Crippen LogP) is 2.30. The normalized spacial score (nSPS) is 11.9. The maximum atomic E-state index is 11.7. The van der Waals surface area contributed by atoms with E-state index in [0.29, 0.717) is 32.4 Å². The van der Waals surface area contributed by atoms with Crippen LogP contribution in [0.1, 0.15) is 38.7 Å². The molecule has 1 unspecified atom stereocenters. The molecular weight excluding hydrogens is 254 g/mol. The Morgan fingerprint density at radius 3 is 2.80 bits per heavy atom. The first-order valence-electron chi connectivity index (χ1n) is 7.32. The van der Waals surface area contributed by atoms with Crippen molar-refractivity contribution in [2.24, 2.45) is 0 Å². The molecule has 0 radical (unpaired) electrons. The summed E-state index contributed by atoms with van der Waals surface area (Å²) >= 11 is 0. The minimum absolute atomic E-state index is 0.0135. The number of aliphatic hydroxyl groups excluding tert-OH is 1. The van der Waals surface area contributed by atoms with E-state index in [0.717, 1.165) is 17.7 Å². The molecular formula is C16H25NO3. The highest BCUT2D eigenvalue weighted by atomic mass is 16.5. The fraction of sp³-hybridized carbons (Fsp3) is 0.562. The van der Waals surface area contributed by atoms with E-state index in [9.17, 15) is 9.90 Å². The van der Waals surface area contributed by atoms with Crippen LogP contribution in [0.3, 0.4) is 0 Å². The highest BCUT2D eigenvalue weighted by Gasteiger charge is 2.07. The third kappa shape index (κ3) is 6.06. The number of ether oxygens (including phenoxy) is 1. The molecule has 0 fully saturated rings. The monoisotopic (exact) mass is 279 g/mol. The highest BCUT2D eigenvalue weighted by Crippen LogP contribution is 2.19. The van der Waals surface area contributed by atoms with Gasteiger partial charge >= 0.3 is 0 Å². The van der Waals surface area contributed by atoms with Crippen LogP contribution in [-0.4, -0.2) is 30.3 Å². The zero-order valence-corrected chi connectivity index (χ0v) is 12.4. The molecule has 0 aromatic heterocycles. The molecule has 4 nitrogen and oxygen atoms in total. The summed E-state index contributed by atoms with van der Waals surface area (Å²) < 4.78 is 5.53. The Kier molecular flexibility index (Phi) is 7.73. The number of benzene rings is 1. The first kappa shape index (κ1) is 16.5. The summed E-state index contributed by atoms with van der Waals surface area (Å²) in [5.41, 5.74) is 1.05. The van der Waals surface area contributed by atoms with Crippen molar-refractivity contribution in [2.75, 3.05) is 13.2 Å². The van der Waals surface area contributed by atoms with Gasteiger partial charge in [0, 0.05) is 13.0 Å². The number of nitrogens with one attached hydrogen (secondary N) is 1. The van der Waals surface area contributed by atoms with Gasteiger partial charge in [-0.15, -0.1) is 0 Å². The molecule has 4 heteroatoms. The van der Waals surface area contributed by atoms with E-state index in [-0.39, 0.29) is 12.0 Å². The Labute approximate surface area is 121 Å². The van der Waals surface area contributed by atoms with Gasteiger partial charge in [-0.3, -0.25) is 4.79 Å². The number of hydrogen-bond acceptors (Lipinski definition) is 3. The van der Waals surface area contributed by atoms with Crippen molar-refractivity contribution >= 4 is 5.91 Å². The number of aryl methyl sites for hydroxylation is 1. The topological polar surface area (TPSA) is 58.6 Å². The van der Waals surface area contributed by atoms with Crippen LogP contribution in [0, 0.1) is 0 Å². The van der Waals surface area contributed by atoms with Crippen LogP contribution in [-0.2, 0) is 11.2 Å². The van der Waals surface area contributed by atoms with Gasteiger partial charge in [-0.25, -0.2) is 0 Å². The Hall–Kier alpha value is -1.55. The number of carbonyl (C=O) groups excluding carboxylic acids is 1. The third-order valence-corrected chi connectivity index (χ3v) is 3.16. The van der Waals surface area contributed by atoms with Crippen LogP contribution in [0.25, 0.3) is 0 Å². The van der Waals surface area contributed by atoms with Crippen molar-refractivity contribution in [3.63, 3.8) is 0 Å². The van der Waals surface area contributed by atoms with Gasteiger partial charge in [0.15, 0.2) is 0 Å². The number of amides is 1. The van der Waals surface area contributed by atoms with Crippen LogP contribution in [0.5, 0.6) is 5.75 Å². The fourth-order valence-corrected chi connectivity index (χ4v) is 1.93. The summed E-state index contributed by atoms with van der Waals surface area (Å²) in [7, 11) is 0. The summed E-state index contributed by atoms with van der Waals surface area (Å²) in [6, 6.07) is 7.79. The summed E-state index contributed by atoms with van der Waals surface area (Å²) in [6.07, 6.45) is 2.11. The standard InChI is InChI=1S/C16H25NO3/c1-3-14(18)11-12-17-16(19)10-9-13-7-5-6-8-15(13)20-4-2/h5-8,14,18H,3-4,9-12H2,1-2H3,(H,17,19). The molecule has 1 aromatic carbocycles. The smallest absolute Gasteiger partial charge is 0.220 e. The maximum absolute atomic E-state index is 11.7. The second-order valence-electron chi connectivity index (χ2n) is 4.74. The molecule has 2 N–H and O–H groups in total. The second kappa shape index (κ2) is 9.37. The Balaban J connectivity index is 2.33. The van der Waals surface area contributed by atoms with Crippen LogP contribution < -0.4 is 10.1 Å². The molecule has 0 aliphatic rings. The van der Waals surface area contributed by atoms with Gasteiger partial charge in [0.05, 0.1) is 12.7 Å². The predicted molar refractivity (Wildman–Crippen MR) is 79.9 cm³/mol. The molecule has 20 heavy (non-hydrogen) atoms. The molecule has 1 aromatic rings. The quantitative estimate of drug-likeness (QED) is 0.729. The lowest BCUT2D eigenvalue weighted by Gasteiger charge is -2.11. The van der Waals surface area contributed by atoms with Crippen LogP contribution >= 0.6 is 0 Å². The fourth-order valence-electron chi connectivity index (χ4n) is 1.93. The van der Waals surface area contributed by atoms with Gasteiger partial charge in [-0.05, 0) is 37.8 Å². The average molecular weight is 279 g/mol. The minimum Gasteiger partial charge on any atom is -0.494 e. The van der Waals surface area contributed by atoms with Crippen LogP contribution in [0.2, 0.25) is 0 Å². The van der Waals surface area contributed by atoms with Crippen molar-refractivity contribution in [3.05, 3.63) is 29.8 Å². The molecule has 1 rings (SSSR count). The van der Waals surface area contributed by atoms with Crippen LogP contribution in [0.4, 0.5) is 0 Å². The Morgan fingerprint density at radius 1 is 1.35 bits per heavy atom. The van der Waals surface area contributed by atoms with E-state index in [2.05, 4.69) is 5.32 Å². The summed E-state index contributed by atoms with van der Waals surface area (Å²) in [5.74, 6) is 0.865. The molecule has 112 valence electrons. The third-order valence-electron chi connectivity index (χ3n) is 3.16. The molecule has 1 amide bonds. The van der Waals surface area contributed by atoms with Gasteiger partial charge in [-0.1, -0.05) is 25.1 Å². The van der Waals surface area contributed by atoms with Gasteiger partial charge in [0.1, 0.15) is 5.75 Å². The highest BCUT2D eigenvalue weighted by molar-refractivity contribution is 5.76. The second-order valence-corrected chi connectivity index (χ2v) is 4.74. The molecule has 0 spiro atoms. The van der Waals surface area contributed by atoms with Gasteiger partial charge in [0.25, 0.3) is 0 Å². The minimum atomic E-state index is -0.325. The molecule has 0 saturated heterocycles. The number of rotatable bonds is 9. The van der Waals surface area contributed by atoms with Gasteiger partial charge < -0.3 is 15.2 Å². The average Bonchev–Trinajstić information content (AvgIpc) is 2.46. The van der Waals surface area contributed by atoms with Crippen molar-refractivity contribution < 1.29 is 14.6 Å². The molecule has 0 aliphatic heterocycles. The Morgan fingerprint density at radius 2 is 2.10 bits per heavy atom. The van der Waals surface area contributed by atoms with E-state index in [1.807, 2.05) is 38.1 Å². The maximum Gasteiger partial charge on any atom is 0.220 e. The van der Waals surface area contributed by atoms with E-state index in [1.165, 1.54) is 0 Å². The van der Waals surface area contributed by atoms with E-state index >= 15 is 0 Å². The number of para-hydroxylation sites is 1. The largest absolute Gasteiger partial charge is 0.494 e. The van der Waals surface area contributed by atoms with Crippen molar-refractivity contribution in [3.8, 4) is 5.75 Å². The van der Waals surface area contributed by atoms with E-state index < -0.39 is 0 Å². The van der Waals surface area contributed by atoms with E-state index in [4.69, 9.17) is 4.74 Å². The number of carbonyl (C=O) groups is 1. The zero-order chi connectivity index (χ0) is 14.8. The van der Waals surface area contributed by atoms with Gasteiger partial charge in [0.2, 0.25) is 5.91 Å². The van der Waals surface area contributed by atoms with Crippen molar-refractivity contribution in [2.45, 2.75) is 45.6 Å². The Bertz CT molecular complexity index is 406. The summed E-state index contributed by atoms with van der Waals surface area (Å²) in [6.45, 7) is 5.03. The molecule has 0 saturated carbocycles. The molecule has 0 heterocycles. The van der Waals surface area contributed by atoms with Crippen molar-refractivity contribution in [1.82, 2.24) is 5.32 Å². The lowest BCUT2D eigenvalue weighted by Crippen LogP contribution is -2.27. The lowest BCUT2D eigenvalue weighted by molar-refractivity contribution is -0.121. The lowest BCUT2D eigenvalue weighted by atomic mass is 10.1. The molecule has 0 aliphatic carbocycles. The van der Waals surface area contributed by atoms with Crippen LogP contribution in [0.15, 0.2) is 24.3 Å². The van der Waals surface area contributed by atoms with Gasteiger partial charge in [-0.2, -0.15) is 0 Å². The SMILES string of the molecule is CCOc1ccccc1CCC(=O)NCCC(O)CC. The summed E-state index contributed by atoms with van der Waals surface area (Å²) in [5, 5.41) is 12.2. The zero-order valence-electron chi connectivity index (χ0n) is 12.4. The van der Waals surface area contributed by atoms with E-state index in [1.54, 1.807) is 0 Å². The summed E-state index contributed by atoms with van der Waals surface area (Å²) in [4.78, 5) is 11.7. The first-order valence-corrected chi connectivity index (χ1v) is 7.32. The number of hydrogen-bond donors (Lipinski definition) is 2. The van der Waals surface area contributed by atoms with Crippen molar-refractivity contribution in [1.29, 1.82) is 0 Å².